The van der Waals surface area contributed by atoms with E-state index in [1.165, 1.54) is 12.8 Å². The van der Waals surface area contributed by atoms with Gasteiger partial charge in [0, 0.05) is 6.54 Å². The van der Waals surface area contributed by atoms with Gasteiger partial charge in [-0.05, 0) is 44.6 Å². The van der Waals surface area contributed by atoms with Crippen molar-refractivity contribution in [1.29, 1.82) is 0 Å². The molecule has 0 aromatic heterocycles. The highest BCUT2D eigenvalue weighted by Gasteiger charge is 2.27. The average molecular weight is 213 g/mol. The van der Waals surface area contributed by atoms with Crippen LogP contribution in [0.15, 0.2) is 0 Å². The smallest absolute Gasteiger partial charge is 0.320 e. The molecular formula is C12H23NO2. The third kappa shape index (κ3) is 3.82. The molecule has 15 heavy (non-hydrogen) atoms. The average Bonchev–Trinajstić information content (AvgIpc) is 2.16. The molecule has 1 aliphatic rings. The van der Waals surface area contributed by atoms with Gasteiger partial charge in [0.1, 0.15) is 6.04 Å². The van der Waals surface area contributed by atoms with Gasteiger partial charge in [-0.25, -0.2) is 0 Å². The summed E-state index contributed by atoms with van der Waals surface area (Å²) in [4.78, 5) is 13.0. The van der Waals surface area contributed by atoms with Crippen molar-refractivity contribution in [3.8, 4) is 0 Å². The zero-order valence-electron chi connectivity index (χ0n) is 10.1. The molecule has 0 spiro atoms. The number of carboxylic acids is 1. The molecule has 1 N–H and O–H groups in total. The fraction of sp³-hybridized carbons (Fsp3) is 0.917. The van der Waals surface area contributed by atoms with Crippen LogP contribution in [-0.2, 0) is 4.79 Å². The minimum atomic E-state index is -0.694. The first kappa shape index (κ1) is 12.5. The van der Waals surface area contributed by atoms with Crippen LogP contribution in [0.25, 0.3) is 0 Å². The van der Waals surface area contributed by atoms with Gasteiger partial charge in [0.25, 0.3) is 0 Å². The van der Waals surface area contributed by atoms with Gasteiger partial charge in [-0.2, -0.15) is 0 Å². The van der Waals surface area contributed by atoms with E-state index in [9.17, 15) is 4.79 Å². The highest BCUT2D eigenvalue weighted by Crippen LogP contribution is 2.24. The molecule has 0 aliphatic carbocycles. The summed E-state index contributed by atoms with van der Waals surface area (Å²) in [6.45, 7) is 8.17. The number of carbonyl (C=O) groups is 1. The Hall–Kier alpha value is -0.570. The Balaban J connectivity index is 2.45. The van der Waals surface area contributed by atoms with Gasteiger partial charge in [-0.3, -0.25) is 9.69 Å². The number of rotatable bonds is 4. The predicted molar refractivity (Wildman–Crippen MR) is 60.8 cm³/mol. The van der Waals surface area contributed by atoms with E-state index in [0.717, 1.165) is 25.4 Å². The van der Waals surface area contributed by atoms with Crippen LogP contribution in [0.5, 0.6) is 0 Å². The Morgan fingerprint density at radius 3 is 2.67 bits per heavy atom. The van der Waals surface area contributed by atoms with Gasteiger partial charge >= 0.3 is 5.97 Å². The maximum Gasteiger partial charge on any atom is 0.320 e. The largest absolute Gasteiger partial charge is 0.480 e. The van der Waals surface area contributed by atoms with Crippen molar-refractivity contribution in [2.75, 3.05) is 13.1 Å². The first-order valence-corrected chi connectivity index (χ1v) is 5.97. The van der Waals surface area contributed by atoms with Crippen LogP contribution in [0, 0.1) is 11.8 Å². The van der Waals surface area contributed by atoms with Crippen LogP contribution in [0.4, 0.5) is 0 Å². The Bertz CT molecular complexity index is 216. The number of aliphatic carboxylic acids is 1. The summed E-state index contributed by atoms with van der Waals surface area (Å²) in [5, 5.41) is 8.96. The third-order valence-corrected chi connectivity index (χ3v) is 3.26. The lowest BCUT2D eigenvalue weighted by molar-refractivity contribution is -0.143. The van der Waals surface area contributed by atoms with Crippen LogP contribution in [-0.4, -0.2) is 35.1 Å². The second-order valence-corrected chi connectivity index (χ2v) is 5.15. The summed E-state index contributed by atoms with van der Waals surface area (Å²) >= 11 is 0. The van der Waals surface area contributed by atoms with E-state index < -0.39 is 5.97 Å². The van der Waals surface area contributed by atoms with Gasteiger partial charge in [0.05, 0.1) is 0 Å². The molecule has 0 radical (unpaired) electrons. The Labute approximate surface area is 92.5 Å². The van der Waals surface area contributed by atoms with Crippen molar-refractivity contribution in [2.45, 2.75) is 46.1 Å². The van der Waals surface area contributed by atoms with Crippen molar-refractivity contribution < 1.29 is 9.90 Å². The van der Waals surface area contributed by atoms with Crippen LogP contribution in [0.2, 0.25) is 0 Å². The van der Waals surface area contributed by atoms with E-state index in [0.29, 0.717) is 5.92 Å². The number of carboxylic acid groups (broad SMARTS) is 1. The van der Waals surface area contributed by atoms with Crippen LogP contribution in [0.3, 0.4) is 0 Å². The van der Waals surface area contributed by atoms with Gasteiger partial charge < -0.3 is 5.11 Å². The van der Waals surface area contributed by atoms with Gasteiger partial charge in [-0.15, -0.1) is 0 Å². The molecule has 0 bridgehead atoms. The Morgan fingerprint density at radius 1 is 1.47 bits per heavy atom. The lowest BCUT2D eigenvalue weighted by Gasteiger charge is -2.35. The first-order valence-electron chi connectivity index (χ1n) is 5.97. The SMILES string of the molecule is CC(C)CC1CCCN(C(C)C(=O)O)C1. The molecule has 0 amide bonds. The second-order valence-electron chi connectivity index (χ2n) is 5.15. The summed E-state index contributed by atoms with van der Waals surface area (Å²) in [7, 11) is 0. The molecule has 3 nitrogen and oxygen atoms in total. The van der Waals surface area contributed by atoms with Crippen molar-refractivity contribution in [2.24, 2.45) is 11.8 Å². The predicted octanol–water partition coefficient (Wildman–Crippen LogP) is 2.22. The minimum absolute atomic E-state index is 0.319. The summed E-state index contributed by atoms with van der Waals surface area (Å²) in [6, 6.07) is -0.319. The lowest BCUT2D eigenvalue weighted by atomic mass is 9.89. The number of likely N-dealkylation sites (tertiary alicyclic amines) is 1. The van der Waals surface area contributed by atoms with E-state index in [4.69, 9.17) is 5.11 Å². The molecule has 0 aromatic rings. The number of piperidine rings is 1. The standard InChI is InChI=1S/C12H23NO2/c1-9(2)7-11-5-4-6-13(8-11)10(3)12(14)15/h9-11H,4-8H2,1-3H3,(H,14,15). The molecule has 1 fully saturated rings. The fourth-order valence-corrected chi connectivity index (χ4v) is 2.46. The zero-order chi connectivity index (χ0) is 11.4. The molecule has 1 saturated heterocycles. The molecule has 2 atom stereocenters. The summed E-state index contributed by atoms with van der Waals surface area (Å²) in [6.07, 6.45) is 3.64. The van der Waals surface area contributed by atoms with Crippen molar-refractivity contribution in [3.63, 3.8) is 0 Å². The van der Waals surface area contributed by atoms with E-state index in [1.807, 2.05) is 0 Å². The van der Waals surface area contributed by atoms with Crippen molar-refractivity contribution >= 4 is 5.97 Å². The third-order valence-electron chi connectivity index (χ3n) is 3.26. The zero-order valence-corrected chi connectivity index (χ0v) is 10.1. The van der Waals surface area contributed by atoms with Crippen LogP contribution in [0.1, 0.15) is 40.0 Å². The topological polar surface area (TPSA) is 40.5 Å². The van der Waals surface area contributed by atoms with Crippen molar-refractivity contribution in [1.82, 2.24) is 4.90 Å². The Morgan fingerprint density at radius 2 is 2.13 bits per heavy atom. The lowest BCUT2D eigenvalue weighted by Crippen LogP contribution is -2.45. The van der Waals surface area contributed by atoms with Gasteiger partial charge in [0.15, 0.2) is 0 Å². The van der Waals surface area contributed by atoms with E-state index in [-0.39, 0.29) is 6.04 Å². The van der Waals surface area contributed by atoms with E-state index in [1.54, 1.807) is 6.92 Å². The highest BCUT2D eigenvalue weighted by molar-refractivity contribution is 5.72. The first-order chi connectivity index (χ1) is 7.00. The number of nitrogens with zero attached hydrogens (tertiary/aromatic N) is 1. The van der Waals surface area contributed by atoms with Gasteiger partial charge in [0.2, 0.25) is 0 Å². The summed E-state index contributed by atoms with van der Waals surface area (Å²) < 4.78 is 0. The molecule has 1 rings (SSSR count). The molecule has 0 aromatic carbocycles. The summed E-state index contributed by atoms with van der Waals surface area (Å²) in [5.41, 5.74) is 0. The van der Waals surface area contributed by atoms with Gasteiger partial charge in [-0.1, -0.05) is 13.8 Å². The normalized spacial score (nSPS) is 25.5. The molecular weight excluding hydrogens is 190 g/mol. The van der Waals surface area contributed by atoms with E-state index >= 15 is 0 Å². The molecule has 88 valence electrons. The second kappa shape index (κ2) is 5.50. The van der Waals surface area contributed by atoms with E-state index in [2.05, 4.69) is 18.7 Å². The highest BCUT2D eigenvalue weighted by atomic mass is 16.4. The maximum absolute atomic E-state index is 10.9. The minimum Gasteiger partial charge on any atom is -0.480 e. The monoisotopic (exact) mass is 213 g/mol. The number of hydrogen-bond donors (Lipinski definition) is 1. The number of hydrogen-bond acceptors (Lipinski definition) is 2. The fourth-order valence-electron chi connectivity index (χ4n) is 2.46. The molecule has 3 heteroatoms. The van der Waals surface area contributed by atoms with Crippen LogP contribution < -0.4 is 0 Å². The van der Waals surface area contributed by atoms with Crippen LogP contribution >= 0.6 is 0 Å². The molecule has 2 unspecified atom stereocenters. The quantitative estimate of drug-likeness (QED) is 0.778. The molecule has 0 saturated carbocycles. The maximum atomic E-state index is 10.9. The Kier molecular flexibility index (Phi) is 4.58. The van der Waals surface area contributed by atoms with Crippen molar-refractivity contribution in [3.05, 3.63) is 0 Å². The molecule has 1 aliphatic heterocycles. The summed E-state index contributed by atoms with van der Waals surface area (Å²) in [5.74, 6) is 0.718. The molecule has 1 heterocycles.